The first-order chi connectivity index (χ1) is 21.0. The van der Waals surface area contributed by atoms with Gasteiger partial charge in [0, 0.05) is 33.7 Å². The van der Waals surface area contributed by atoms with Crippen LogP contribution in [0.1, 0.15) is 50.5 Å². The largest absolute Gasteiger partial charge is 0.506 e. The number of nitrogens with zero attached hydrogens (tertiary/aromatic N) is 2. The quantitative estimate of drug-likeness (QED) is 0.0391. The predicted molar refractivity (Wildman–Crippen MR) is 186 cm³/mol. The Morgan fingerprint density at radius 3 is 1.89 bits per heavy atom. The molecule has 0 amide bonds. The Bertz CT molecular complexity index is 1450. The predicted octanol–water partition coefficient (Wildman–Crippen LogP) is 6.36. The molecule has 2 aromatic carbocycles. The molecule has 0 aliphatic heterocycles. The number of hydrogen-bond donors (Lipinski definition) is 2. The van der Waals surface area contributed by atoms with Gasteiger partial charge in [-0.05, 0) is 101 Å². The molecule has 2 N–H and O–H groups in total. The molecule has 9 nitrogen and oxygen atoms in total. The second-order valence-electron chi connectivity index (χ2n) is 10.6. The maximum atomic E-state index is 14.0. The van der Waals surface area contributed by atoms with Crippen LogP contribution in [0.25, 0.3) is 5.76 Å². The van der Waals surface area contributed by atoms with E-state index in [2.05, 4.69) is 4.99 Å². The molecule has 0 spiro atoms. The first-order valence-corrected chi connectivity index (χ1v) is 15.9. The van der Waals surface area contributed by atoms with Gasteiger partial charge in [-0.3, -0.25) is 9.79 Å². The number of carbonyl (C=O) groups is 3. The lowest BCUT2D eigenvalue weighted by Gasteiger charge is -2.25. The van der Waals surface area contributed by atoms with Crippen LogP contribution >= 0.6 is 45.2 Å². The highest BCUT2D eigenvalue weighted by molar-refractivity contribution is 14.1. The normalized spacial score (nSPS) is 12.9. The lowest BCUT2D eigenvalue weighted by molar-refractivity contribution is -0.138. The fraction of sp³-hybridized carbons (Fsp3) is 0.375. The van der Waals surface area contributed by atoms with Crippen LogP contribution in [0.4, 0.5) is 8.78 Å². The van der Waals surface area contributed by atoms with Crippen LogP contribution in [-0.2, 0) is 19.1 Å². The van der Waals surface area contributed by atoms with Crippen LogP contribution in [0.3, 0.4) is 0 Å². The molecule has 0 aromatic heterocycles. The number of aliphatic hydroxyl groups excluding tert-OH is 2. The zero-order chi connectivity index (χ0) is 34.5. The van der Waals surface area contributed by atoms with Gasteiger partial charge >= 0.3 is 11.9 Å². The number of hydrogen-bond acceptors (Lipinski definition) is 9. The van der Waals surface area contributed by atoms with E-state index in [-0.39, 0.29) is 47.5 Å². The highest BCUT2D eigenvalue weighted by Gasteiger charge is 2.26. The topological polar surface area (TPSA) is 126 Å². The molecule has 1 atom stereocenters. The lowest BCUT2D eigenvalue weighted by Crippen LogP contribution is -2.28. The molecule has 246 valence electrons. The van der Waals surface area contributed by atoms with E-state index in [1.165, 1.54) is 35.4 Å². The SMILES string of the molecule is CCOC(=O)C(=CN(C)C)C(=O)c1cc(I)ccc1F.CCOC(=O)C(C=N[C@H](CO)C(C)(C)C)=C(O)c1cc(I)ccc1F. The first-order valence-electron chi connectivity index (χ1n) is 13.7. The average molecular weight is 854 g/mol. The lowest BCUT2D eigenvalue weighted by atomic mass is 9.88. The number of halogens is 4. The number of rotatable bonds is 11. The van der Waals surface area contributed by atoms with Gasteiger partial charge in [0.2, 0.25) is 5.78 Å². The van der Waals surface area contributed by atoms with Crippen molar-refractivity contribution in [3.63, 3.8) is 0 Å². The molecule has 2 rings (SSSR count). The molecule has 0 bridgehead atoms. The van der Waals surface area contributed by atoms with E-state index in [1.54, 1.807) is 40.1 Å². The molecule has 13 heteroatoms. The highest BCUT2D eigenvalue weighted by Crippen LogP contribution is 2.25. The Morgan fingerprint density at radius 2 is 1.42 bits per heavy atom. The summed E-state index contributed by atoms with van der Waals surface area (Å²) in [7, 11) is 3.33. The van der Waals surface area contributed by atoms with E-state index in [9.17, 15) is 33.4 Å². The number of carbonyl (C=O) groups excluding carboxylic acids is 3. The second kappa shape index (κ2) is 18.9. The van der Waals surface area contributed by atoms with Crippen molar-refractivity contribution in [2.45, 2.75) is 40.7 Å². The van der Waals surface area contributed by atoms with Crippen molar-refractivity contribution >= 4 is 74.9 Å². The molecule has 2 aromatic rings. The van der Waals surface area contributed by atoms with Crippen molar-refractivity contribution in [3.05, 3.63) is 83.6 Å². The molecule has 0 fully saturated rings. The summed E-state index contributed by atoms with van der Waals surface area (Å²) in [5, 5.41) is 19.9. The summed E-state index contributed by atoms with van der Waals surface area (Å²) in [5.41, 5.74) is -1.06. The molecule has 0 saturated heterocycles. The Morgan fingerprint density at radius 1 is 0.933 bits per heavy atom. The standard InChI is InChI=1S/C18H23FINO4.C14H15FINO3/c1-5-25-17(24)13(9-21-15(10-22)18(2,3)4)16(23)12-8-11(20)6-7-14(12)19;1-4-20-14(19)11(8-17(2)3)13(18)10-7-9(16)5-6-12(10)15/h6-9,15,22-23H,5,10H2,1-4H3;5-8H,4H2,1-3H3/t15-;/m1./s1. The zero-order valence-corrected chi connectivity index (χ0v) is 30.5. The molecular weight excluding hydrogens is 816 g/mol. The monoisotopic (exact) mass is 854 g/mol. The van der Waals surface area contributed by atoms with Crippen molar-refractivity contribution in [2.75, 3.05) is 33.9 Å². The van der Waals surface area contributed by atoms with Crippen LogP contribution in [0.5, 0.6) is 0 Å². The van der Waals surface area contributed by atoms with Crippen LogP contribution < -0.4 is 0 Å². The van der Waals surface area contributed by atoms with Crippen molar-refractivity contribution in [3.8, 4) is 0 Å². The van der Waals surface area contributed by atoms with Gasteiger partial charge in [-0.15, -0.1) is 0 Å². The Balaban J connectivity index is 0.000000461. The molecule has 0 aliphatic rings. The summed E-state index contributed by atoms with van der Waals surface area (Å²) in [6, 6.07) is 7.84. The fourth-order valence-electron chi connectivity index (χ4n) is 3.44. The number of aliphatic imine (C=N–C) groups is 1. The smallest absolute Gasteiger partial charge is 0.343 e. The number of Topliss-reactive ketones (excluding diaryl/α,β-unsaturated/α-hetero) is 1. The molecule has 0 aliphatic carbocycles. The van der Waals surface area contributed by atoms with E-state index in [0.29, 0.717) is 7.14 Å². The number of ketones is 1. The van der Waals surface area contributed by atoms with Gasteiger partial charge in [-0.25, -0.2) is 18.4 Å². The first kappa shape index (κ1) is 40.1. The van der Waals surface area contributed by atoms with Crippen LogP contribution in [0.15, 0.2) is 58.7 Å². The summed E-state index contributed by atoms with van der Waals surface area (Å²) in [4.78, 5) is 42.1. The number of aliphatic hydroxyl groups is 2. The van der Waals surface area contributed by atoms with Crippen LogP contribution in [0, 0.1) is 24.2 Å². The van der Waals surface area contributed by atoms with E-state index >= 15 is 0 Å². The van der Waals surface area contributed by atoms with Crippen LogP contribution in [-0.4, -0.2) is 79.0 Å². The summed E-state index contributed by atoms with van der Waals surface area (Å²) >= 11 is 3.95. The van der Waals surface area contributed by atoms with Crippen molar-refractivity contribution in [1.82, 2.24) is 4.90 Å². The van der Waals surface area contributed by atoms with Gasteiger partial charge in [0.05, 0.1) is 37.0 Å². The Hall–Kier alpha value is -2.92. The Labute approximate surface area is 289 Å². The fourth-order valence-corrected chi connectivity index (χ4v) is 4.42. The summed E-state index contributed by atoms with van der Waals surface area (Å²) < 4.78 is 39.0. The van der Waals surface area contributed by atoms with Crippen LogP contribution in [0.2, 0.25) is 0 Å². The Kier molecular flexibility index (Phi) is 16.8. The third kappa shape index (κ3) is 12.8. The third-order valence-electron chi connectivity index (χ3n) is 5.79. The van der Waals surface area contributed by atoms with Gasteiger partial charge in [-0.1, -0.05) is 20.8 Å². The van der Waals surface area contributed by atoms with Gasteiger partial charge in [0.1, 0.15) is 28.5 Å². The van der Waals surface area contributed by atoms with E-state index in [4.69, 9.17) is 9.47 Å². The summed E-state index contributed by atoms with van der Waals surface area (Å²) in [5.74, 6) is -4.14. The molecule has 0 radical (unpaired) electrons. The highest BCUT2D eigenvalue weighted by atomic mass is 127. The van der Waals surface area contributed by atoms with Crippen molar-refractivity contribution in [2.24, 2.45) is 10.4 Å². The van der Waals surface area contributed by atoms with E-state index in [1.807, 2.05) is 66.0 Å². The average Bonchev–Trinajstić information content (AvgIpc) is 2.95. The van der Waals surface area contributed by atoms with Crippen molar-refractivity contribution in [1.29, 1.82) is 0 Å². The van der Waals surface area contributed by atoms with Gasteiger partial charge in [-0.2, -0.15) is 0 Å². The van der Waals surface area contributed by atoms with Gasteiger partial charge < -0.3 is 24.6 Å². The maximum absolute atomic E-state index is 14.0. The maximum Gasteiger partial charge on any atom is 0.343 e. The number of benzene rings is 2. The zero-order valence-electron chi connectivity index (χ0n) is 26.2. The summed E-state index contributed by atoms with van der Waals surface area (Å²) in [6.45, 7) is 8.94. The van der Waals surface area contributed by atoms with E-state index in [0.717, 1.165) is 6.21 Å². The molecule has 0 heterocycles. The van der Waals surface area contributed by atoms with Gasteiger partial charge in [0.15, 0.2) is 0 Å². The number of esters is 2. The minimum absolute atomic E-state index is 0.0982. The minimum atomic E-state index is -0.812. The third-order valence-corrected chi connectivity index (χ3v) is 7.13. The van der Waals surface area contributed by atoms with Crippen molar-refractivity contribution < 1.29 is 42.9 Å². The number of ether oxygens (including phenoxy) is 2. The molecule has 0 saturated carbocycles. The molecule has 45 heavy (non-hydrogen) atoms. The molecular formula is C32H38F2I2N2O7. The van der Waals surface area contributed by atoms with E-state index < -0.39 is 41.2 Å². The van der Waals surface area contributed by atoms with Gasteiger partial charge in [0.25, 0.3) is 0 Å². The summed E-state index contributed by atoms with van der Waals surface area (Å²) in [6.07, 6.45) is 2.47. The second-order valence-corrected chi connectivity index (χ2v) is 13.1. The molecule has 0 unspecified atom stereocenters. The minimum Gasteiger partial charge on any atom is -0.506 e.